The number of hydrogen-bond donors (Lipinski definition) is 2. The fourth-order valence-corrected chi connectivity index (χ4v) is 3.59. The second kappa shape index (κ2) is 11.4. The average Bonchev–Trinajstić information content (AvgIpc) is 3.35. The van der Waals surface area contributed by atoms with Crippen molar-refractivity contribution in [2.45, 2.75) is 19.3 Å². The lowest BCUT2D eigenvalue weighted by atomic mass is 10.1. The van der Waals surface area contributed by atoms with Gasteiger partial charge in [-0.25, -0.2) is 4.98 Å². The van der Waals surface area contributed by atoms with Crippen molar-refractivity contribution in [2.75, 3.05) is 6.54 Å². The molecule has 0 saturated carbocycles. The Labute approximate surface area is 207 Å². The fourth-order valence-electron chi connectivity index (χ4n) is 3.47. The molecule has 4 aromatic rings. The topological polar surface area (TPSA) is 102 Å². The van der Waals surface area contributed by atoms with Crippen molar-refractivity contribution in [3.05, 3.63) is 101 Å². The first-order chi connectivity index (χ1) is 17.0. The summed E-state index contributed by atoms with van der Waals surface area (Å²) < 4.78 is 11.7. The molecule has 0 bridgehead atoms. The molecule has 8 heteroatoms. The zero-order valence-corrected chi connectivity index (χ0v) is 19.5. The van der Waals surface area contributed by atoms with Crippen LogP contribution in [0.4, 0.5) is 0 Å². The molecule has 7 nitrogen and oxygen atoms in total. The third-order valence-electron chi connectivity index (χ3n) is 5.27. The first-order valence-electron chi connectivity index (χ1n) is 11.0. The molecule has 2 N–H and O–H groups in total. The molecular weight excluding hydrogens is 468 g/mol. The number of halogens is 1. The molecule has 0 spiro atoms. The number of rotatable bonds is 10. The predicted molar refractivity (Wildman–Crippen MR) is 132 cm³/mol. The van der Waals surface area contributed by atoms with Crippen molar-refractivity contribution < 1.29 is 23.8 Å². The van der Waals surface area contributed by atoms with Gasteiger partial charge in [0.2, 0.25) is 5.89 Å². The number of nitrogens with one attached hydrogen (secondary N) is 1. The van der Waals surface area contributed by atoms with E-state index in [2.05, 4.69) is 10.3 Å². The molecule has 1 heterocycles. The van der Waals surface area contributed by atoms with Gasteiger partial charge < -0.3 is 19.6 Å². The Morgan fingerprint density at radius 3 is 2.43 bits per heavy atom. The van der Waals surface area contributed by atoms with Crippen LogP contribution in [0.15, 0.2) is 83.5 Å². The van der Waals surface area contributed by atoms with Gasteiger partial charge >= 0.3 is 5.97 Å². The van der Waals surface area contributed by atoms with E-state index >= 15 is 0 Å². The van der Waals surface area contributed by atoms with Crippen molar-refractivity contribution >= 4 is 23.5 Å². The molecule has 0 aliphatic carbocycles. The highest BCUT2D eigenvalue weighted by atomic mass is 35.5. The summed E-state index contributed by atoms with van der Waals surface area (Å²) in [4.78, 5) is 27.9. The molecule has 4 rings (SSSR count). The maximum atomic E-state index is 12.5. The van der Waals surface area contributed by atoms with Crippen molar-refractivity contribution in [3.63, 3.8) is 0 Å². The minimum atomic E-state index is -0.876. The number of hydrogen-bond acceptors (Lipinski definition) is 5. The molecule has 0 saturated heterocycles. The van der Waals surface area contributed by atoms with E-state index in [9.17, 15) is 9.59 Å². The number of amides is 1. The monoisotopic (exact) mass is 490 g/mol. The number of ether oxygens (including phenoxy) is 1. The van der Waals surface area contributed by atoms with Crippen LogP contribution in [0.25, 0.3) is 11.5 Å². The third-order valence-corrected chi connectivity index (χ3v) is 5.52. The van der Waals surface area contributed by atoms with Gasteiger partial charge in [-0.1, -0.05) is 54.1 Å². The minimum Gasteiger partial charge on any atom is -0.481 e. The van der Waals surface area contributed by atoms with Crippen molar-refractivity contribution in [2.24, 2.45) is 0 Å². The van der Waals surface area contributed by atoms with E-state index in [1.54, 1.807) is 18.2 Å². The second-order valence-electron chi connectivity index (χ2n) is 7.77. The van der Waals surface area contributed by atoms with Gasteiger partial charge in [-0.15, -0.1) is 0 Å². The lowest BCUT2D eigenvalue weighted by Gasteiger charge is -2.12. The number of carbonyl (C=O) groups excluding carboxylic acids is 1. The van der Waals surface area contributed by atoms with E-state index in [1.165, 1.54) is 6.26 Å². The summed E-state index contributed by atoms with van der Waals surface area (Å²) in [6, 6.07) is 21.9. The average molecular weight is 491 g/mol. The summed E-state index contributed by atoms with van der Waals surface area (Å²) in [7, 11) is 0. The van der Waals surface area contributed by atoms with E-state index in [0.29, 0.717) is 41.5 Å². The lowest BCUT2D eigenvalue weighted by molar-refractivity contribution is -0.136. The quantitative estimate of drug-likeness (QED) is 0.292. The summed E-state index contributed by atoms with van der Waals surface area (Å²) in [5.41, 5.74) is 2.57. The Kier molecular flexibility index (Phi) is 7.80. The first kappa shape index (κ1) is 24.0. The van der Waals surface area contributed by atoms with Crippen LogP contribution in [0.1, 0.15) is 28.0 Å². The Morgan fingerprint density at radius 2 is 1.66 bits per heavy atom. The van der Waals surface area contributed by atoms with Crippen LogP contribution in [-0.2, 0) is 17.6 Å². The van der Waals surface area contributed by atoms with Crippen molar-refractivity contribution in [1.82, 2.24) is 10.3 Å². The highest BCUT2D eigenvalue weighted by Crippen LogP contribution is 2.34. The van der Waals surface area contributed by atoms with E-state index in [1.807, 2.05) is 54.6 Å². The number of aryl methyl sites for hydroxylation is 1. The number of aromatic nitrogens is 1. The molecule has 35 heavy (non-hydrogen) atoms. The van der Waals surface area contributed by atoms with Gasteiger partial charge in [-0.05, 0) is 54.3 Å². The first-order valence-corrected chi connectivity index (χ1v) is 11.4. The highest BCUT2D eigenvalue weighted by Gasteiger charge is 2.17. The Morgan fingerprint density at radius 1 is 0.943 bits per heavy atom. The van der Waals surface area contributed by atoms with Crippen LogP contribution in [0.3, 0.4) is 0 Å². The van der Waals surface area contributed by atoms with Gasteiger partial charge in [0.1, 0.15) is 17.8 Å². The molecule has 1 aromatic heterocycles. The standard InChI is InChI=1S/C27H23ClN2O5/c28-20-12-9-18(10-13-20)15-16-29-26(33)22-17-34-27(30-22)21-6-2-4-8-24(21)35-23-7-3-1-5-19(23)11-14-25(31)32/h1-10,12-13,17H,11,14-16H2,(H,29,33)(H,31,32). The summed E-state index contributed by atoms with van der Waals surface area (Å²) >= 11 is 5.90. The molecule has 3 aromatic carbocycles. The summed E-state index contributed by atoms with van der Waals surface area (Å²) in [5.74, 6) is 0.0524. The summed E-state index contributed by atoms with van der Waals surface area (Å²) in [5, 5.41) is 12.5. The number of aliphatic carboxylic acids is 1. The SMILES string of the molecule is O=C(O)CCc1ccccc1Oc1ccccc1-c1nc(C(=O)NCCc2ccc(Cl)cc2)co1. The largest absolute Gasteiger partial charge is 0.481 e. The maximum Gasteiger partial charge on any atom is 0.303 e. The van der Waals surface area contributed by atoms with E-state index in [0.717, 1.165) is 11.1 Å². The van der Waals surface area contributed by atoms with Gasteiger partial charge in [0.25, 0.3) is 5.91 Å². The molecule has 0 atom stereocenters. The van der Waals surface area contributed by atoms with Gasteiger partial charge in [0.15, 0.2) is 5.69 Å². The molecule has 0 radical (unpaired) electrons. The van der Waals surface area contributed by atoms with E-state index < -0.39 is 5.97 Å². The summed E-state index contributed by atoms with van der Waals surface area (Å²) in [6.45, 7) is 0.440. The number of para-hydroxylation sites is 2. The van der Waals surface area contributed by atoms with Crippen molar-refractivity contribution in [1.29, 1.82) is 0 Å². The van der Waals surface area contributed by atoms with Crippen LogP contribution in [0.5, 0.6) is 11.5 Å². The zero-order chi connectivity index (χ0) is 24.6. The molecule has 178 valence electrons. The third kappa shape index (κ3) is 6.49. The van der Waals surface area contributed by atoms with Crippen molar-refractivity contribution in [3.8, 4) is 23.0 Å². The Hall–Kier alpha value is -4.10. The molecule has 0 fully saturated rings. The second-order valence-corrected chi connectivity index (χ2v) is 8.21. The molecule has 1 amide bonds. The molecular formula is C27H23ClN2O5. The van der Waals surface area contributed by atoms with E-state index in [4.69, 9.17) is 25.9 Å². The van der Waals surface area contributed by atoms with Gasteiger partial charge in [0, 0.05) is 18.0 Å². The summed E-state index contributed by atoms with van der Waals surface area (Å²) in [6.07, 6.45) is 2.31. The number of oxazole rings is 1. The number of nitrogens with zero attached hydrogens (tertiary/aromatic N) is 1. The van der Waals surface area contributed by atoms with Crippen LogP contribution < -0.4 is 10.1 Å². The fraction of sp³-hybridized carbons (Fsp3) is 0.148. The highest BCUT2D eigenvalue weighted by molar-refractivity contribution is 6.30. The number of carboxylic acids is 1. The Bertz CT molecular complexity index is 1320. The zero-order valence-electron chi connectivity index (χ0n) is 18.7. The van der Waals surface area contributed by atoms with Crippen LogP contribution in [0, 0.1) is 0 Å². The number of benzene rings is 3. The van der Waals surface area contributed by atoms with Gasteiger partial charge in [0.05, 0.1) is 5.56 Å². The Balaban J connectivity index is 1.45. The van der Waals surface area contributed by atoms with Crippen LogP contribution in [0.2, 0.25) is 5.02 Å². The predicted octanol–water partition coefficient (Wildman–Crippen LogP) is 5.78. The lowest BCUT2D eigenvalue weighted by Crippen LogP contribution is -2.25. The molecule has 0 aliphatic heterocycles. The van der Waals surface area contributed by atoms with Gasteiger partial charge in [-0.3, -0.25) is 9.59 Å². The normalized spacial score (nSPS) is 10.7. The number of carbonyl (C=O) groups is 2. The minimum absolute atomic E-state index is 0.00174. The van der Waals surface area contributed by atoms with E-state index in [-0.39, 0.29) is 23.9 Å². The maximum absolute atomic E-state index is 12.5. The van der Waals surface area contributed by atoms with Gasteiger partial charge in [-0.2, -0.15) is 0 Å². The smallest absolute Gasteiger partial charge is 0.303 e. The number of carboxylic acid groups (broad SMARTS) is 1. The van der Waals surface area contributed by atoms with Crippen LogP contribution >= 0.6 is 11.6 Å². The van der Waals surface area contributed by atoms with Crippen LogP contribution in [-0.4, -0.2) is 28.5 Å². The molecule has 0 unspecified atom stereocenters. The molecule has 0 aliphatic rings.